The first-order valence-electron chi connectivity index (χ1n) is 5.50. The van der Waals surface area contributed by atoms with Gasteiger partial charge >= 0.3 is 5.97 Å². The number of ether oxygens (including phenoxy) is 1. The molecule has 0 aliphatic heterocycles. The van der Waals surface area contributed by atoms with Gasteiger partial charge in [-0.2, -0.15) is 4.37 Å². The molecule has 96 valence electrons. The normalized spacial score (nSPS) is 10.4. The molecule has 0 saturated carbocycles. The molecule has 1 N–H and O–H groups in total. The van der Waals surface area contributed by atoms with Crippen LogP contribution in [0.3, 0.4) is 0 Å². The molecule has 18 heavy (non-hydrogen) atoms. The zero-order chi connectivity index (χ0) is 13.1. The van der Waals surface area contributed by atoms with Crippen molar-refractivity contribution in [2.75, 3.05) is 12.4 Å². The van der Waals surface area contributed by atoms with Gasteiger partial charge in [-0.05, 0) is 30.1 Å². The molecule has 5 nitrogen and oxygen atoms in total. The highest BCUT2D eigenvalue weighted by Crippen LogP contribution is 2.17. The van der Waals surface area contributed by atoms with Crippen LogP contribution in [0.1, 0.15) is 21.7 Å². The summed E-state index contributed by atoms with van der Waals surface area (Å²) in [7, 11) is 3.21. The zero-order valence-electron chi connectivity index (χ0n) is 10.6. The Balaban J connectivity index is 2.07. The molecular formula is C12H15N3O2S. The summed E-state index contributed by atoms with van der Waals surface area (Å²) < 4.78 is 10.7. The van der Waals surface area contributed by atoms with Crippen molar-refractivity contribution in [3.63, 3.8) is 0 Å². The van der Waals surface area contributed by atoms with E-state index in [1.165, 1.54) is 18.6 Å². The number of aryl methyl sites for hydroxylation is 2. The van der Waals surface area contributed by atoms with Crippen LogP contribution in [0.15, 0.2) is 17.6 Å². The standard InChI is InChI=1S/C12H15N3O2S/c1-8-10(7-18-14-8)13-5-9-4-11(12(16)17-3)15(2)6-9/h4,6-7,13H,5H2,1-3H3. The summed E-state index contributed by atoms with van der Waals surface area (Å²) in [6.07, 6.45) is 1.91. The molecule has 2 rings (SSSR count). The van der Waals surface area contributed by atoms with E-state index in [0.717, 1.165) is 16.9 Å². The first-order valence-corrected chi connectivity index (χ1v) is 6.34. The monoisotopic (exact) mass is 265 g/mol. The molecule has 0 aromatic carbocycles. The highest BCUT2D eigenvalue weighted by atomic mass is 32.1. The number of esters is 1. The molecule has 0 atom stereocenters. The van der Waals surface area contributed by atoms with E-state index < -0.39 is 0 Å². The van der Waals surface area contributed by atoms with Crippen molar-refractivity contribution < 1.29 is 9.53 Å². The van der Waals surface area contributed by atoms with Gasteiger partial charge in [-0.25, -0.2) is 4.79 Å². The molecule has 0 radical (unpaired) electrons. The first kappa shape index (κ1) is 12.6. The molecule has 0 aliphatic rings. The van der Waals surface area contributed by atoms with E-state index >= 15 is 0 Å². The van der Waals surface area contributed by atoms with Gasteiger partial charge in [0.05, 0.1) is 18.5 Å². The minimum absolute atomic E-state index is 0.322. The third-order valence-corrected chi connectivity index (χ3v) is 3.41. The smallest absolute Gasteiger partial charge is 0.354 e. The summed E-state index contributed by atoms with van der Waals surface area (Å²) in [5.74, 6) is -0.322. The van der Waals surface area contributed by atoms with Gasteiger partial charge in [0.1, 0.15) is 5.69 Å². The van der Waals surface area contributed by atoms with Crippen LogP contribution in [0, 0.1) is 6.92 Å². The maximum absolute atomic E-state index is 11.5. The molecule has 0 amide bonds. The largest absolute Gasteiger partial charge is 0.464 e. The fourth-order valence-electron chi connectivity index (χ4n) is 1.70. The average Bonchev–Trinajstić information content (AvgIpc) is 2.92. The number of nitrogens with zero attached hydrogens (tertiary/aromatic N) is 2. The van der Waals surface area contributed by atoms with Crippen molar-refractivity contribution in [3.8, 4) is 0 Å². The molecule has 0 unspecified atom stereocenters. The predicted octanol–water partition coefficient (Wildman–Crippen LogP) is 2.19. The van der Waals surface area contributed by atoms with Gasteiger partial charge in [0.2, 0.25) is 0 Å². The van der Waals surface area contributed by atoms with E-state index in [9.17, 15) is 4.79 Å². The summed E-state index contributed by atoms with van der Waals surface area (Å²) in [6.45, 7) is 2.62. The van der Waals surface area contributed by atoms with Crippen LogP contribution in [0.25, 0.3) is 0 Å². The lowest BCUT2D eigenvalue weighted by molar-refractivity contribution is 0.0590. The van der Waals surface area contributed by atoms with Crippen molar-refractivity contribution in [2.45, 2.75) is 13.5 Å². The number of methoxy groups -OCH3 is 1. The summed E-state index contributed by atoms with van der Waals surface area (Å²) in [4.78, 5) is 11.5. The Bertz CT molecular complexity index is 559. The van der Waals surface area contributed by atoms with E-state index in [-0.39, 0.29) is 5.97 Å². The second-order valence-corrected chi connectivity index (χ2v) is 4.63. The molecule has 0 saturated heterocycles. The van der Waals surface area contributed by atoms with E-state index in [2.05, 4.69) is 9.69 Å². The van der Waals surface area contributed by atoms with E-state index in [1.807, 2.05) is 31.6 Å². The van der Waals surface area contributed by atoms with Gasteiger partial charge in [0, 0.05) is 25.2 Å². The minimum atomic E-state index is -0.322. The van der Waals surface area contributed by atoms with Crippen molar-refractivity contribution in [2.24, 2.45) is 7.05 Å². The van der Waals surface area contributed by atoms with Gasteiger partial charge in [0.25, 0.3) is 0 Å². The Labute approximate surface area is 110 Å². The maximum atomic E-state index is 11.5. The van der Waals surface area contributed by atoms with Crippen LogP contribution in [0.2, 0.25) is 0 Å². The Morgan fingerprint density at radius 3 is 3.00 bits per heavy atom. The van der Waals surface area contributed by atoms with Crippen LogP contribution in [0.5, 0.6) is 0 Å². The van der Waals surface area contributed by atoms with Gasteiger partial charge in [0.15, 0.2) is 0 Å². The second kappa shape index (κ2) is 5.22. The fraction of sp³-hybridized carbons (Fsp3) is 0.333. The maximum Gasteiger partial charge on any atom is 0.354 e. The SMILES string of the molecule is COC(=O)c1cc(CNc2csnc2C)cn1C. The van der Waals surface area contributed by atoms with Crippen molar-refractivity contribution >= 4 is 23.2 Å². The van der Waals surface area contributed by atoms with Crippen LogP contribution in [0.4, 0.5) is 5.69 Å². The van der Waals surface area contributed by atoms with Crippen molar-refractivity contribution in [1.82, 2.24) is 8.94 Å². The molecular weight excluding hydrogens is 250 g/mol. The van der Waals surface area contributed by atoms with E-state index in [0.29, 0.717) is 12.2 Å². The predicted molar refractivity (Wildman–Crippen MR) is 70.9 cm³/mol. The van der Waals surface area contributed by atoms with Gasteiger partial charge in [-0.3, -0.25) is 0 Å². The number of rotatable bonds is 4. The topological polar surface area (TPSA) is 56.1 Å². The molecule has 2 aromatic rings. The number of carbonyl (C=O) groups excluding carboxylic acids is 1. The van der Waals surface area contributed by atoms with E-state index in [4.69, 9.17) is 4.74 Å². The Hall–Kier alpha value is -1.82. The molecule has 6 heteroatoms. The number of anilines is 1. The highest BCUT2D eigenvalue weighted by Gasteiger charge is 2.11. The molecule has 2 aromatic heterocycles. The second-order valence-electron chi connectivity index (χ2n) is 4.00. The number of aromatic nitrogens is 2. The highest BCUT2D eigenvalue weighted by molar-refractivity contribution is 7.04. The molecule has 0 aliphatic carbocycles. The van der Waals surface area contributed by atoms with Crippen LogP contribution < -0.4 is 5.32 Å². The Morgan fingerprint density at radius 1 is 1.61 bits per heavy atom. The summed E-state index contributed by atoms with van der Waals surface area (Å²) in [5, 5.41) is 5.26. The first-order chi connectivity index (χ1) is 8.61. The number of hydrogen-bond acceptors (Lipinski definition) is 5. The molecule has 0 bridgehead atoms. The van der Waals surface area contributed by atoms with Crippen molar-refractivity contribution in [1.29, 1.82) is 0 Å². The summed E-state index contributed by atoms with van der Waals surface area (Å²) in [6, 6.07) is 1.83. The Morgan fingerprint density at radius 2 is 2.39 bits per heavy atom. The lowest BCUT2D eigenvalue weighted by Gasteiger charge is -2.02. The number of carbonyl (C=O) groups is 1. The third kappa shape index (κ3) is 2.53. The van der Waals surface area contributed by atoms with Crippen LogP contribution in [-0.4, -0.2) is 22.0 Å². The third-order valence-electron chi connectivity index (χ3n) is 2.69. The fourth-order valence-corrected chi connectivity index (χ4v) is 2.37. The van der Waals surface area contributed by atoms with Crippen molar-refractivity contribution in [3.05, 3.63) is 34.6 Å². The molecule has 2 heterocycles. The number of nitrogens with one attached hydrogen (secondary N) is 1. The quantitative estimate of drug-likeness (QED) is 0.861. The average molecular weight is 265 g/mol. The van der Waals surface area contributed by atoms with Gasteiger partial charge < -0.3 is 14.6 Å². The van der Waals surface area contributed by atoms with E-state index in [1.54, 1.807) is 4.57 Å². The zero-order valence-corrected chi connectivity index (χ0v) is 11.4. The van der Waals surface area contributed by atoms with Crippen LogP contribution >= 0.6 is 11.5 Å². The number of hydrogen-bond donors (Lipinski definition) is 1. The Kier molecular flexibility index (Phi) is 3.66. The lowest BCUT2D eigenvalue weighted by atomic mass is 10.3. The van der Waals surface area contributed by atoms with Gasteiger partial charge in [-0.1, -0.05) is 0 Å². The minimum Gasteiger partial charge on any atom is -0.464 e. The molecule has 0 fully saturated rings. The lowest BCUT2D eigenvalue weighted by Crippen LogP contribution is -2.06. The van der Waals surface area contributed by atoms with Gasteiger partial charge in [-0.15, -0.1) is 0 Å². The molecule has 0 spiro atoms. The van der Waals surface area contributed by atoms with Crippen LogP contribution in [-0.2, 0) is 18.3 Å². The summed E-state index contributed by atoms with van der Waals surface area (Å²) >= 11 is 1.43. The summed E-state index contributed by atoms with van der Waals surface area (Å²) in [5.41, 5.74) is 3.60.